The van der Waals surface area contributed by atoms with Gasteiger partial charge in [-0.2, -0.15) is 0 Å². The molecule has 0 radical (unpaired) electrons. The molecule has 8 heteroatoms. The molecule has 2 heterocycles. The van der Waals surface area contributed by atoms with E-state index in [9.17, 15) is 9.59 Å². The molecule has 156 valence electrons. The average Bonchev–Trinajstić information content (AvgIpc) is 2.65. The molecule has 1 aromatic heterocycles. The standard InChI is InChI=1S/C20H34N6O2/c1-13(2)12-21-20(28)24-19(27)16(6)25-7-9-26(10-8-25)17-11-15(5)22-18(23-17)14(3)4/h11,13-14,16H,7-10,12H2,1-6H3,(H2,21,24,27,28). The topological polar surface area (TPSA) is 90.5 Å². The zero-order chi connectivity index (χ0) is 20.8. The normalized spacial score (nSPS) is 16.4. The van der Waals surface area contributed by atoms with Crippen LogP contribution in [0.2, 0.25) is 0 Å². The fourth-order valence-corrected chi connectivity index (χ4v) is 3.06. The summed E-state index contributed by atoms with van der Waals surface area (Å²) >= 11 is 0. The molecule has 2 rings (SSSR count). The van der Waals surface area contributed by atoms with Gasteiger partial charge in [0.05, 0.1) is 6.04 Å². The Bertz CT molecular complexity index is 683. The summed E-state index contributed by atoms with van der Waals surface area (Å²) in [7, 11) is 0. The Balaban J connectivity index is 1.89. The number of piperazine rings is 1. The van der Waals surface area contributed by atoms with Gasteiger partial charge >= 0.3 is 6.03 Å². The number of hydrogen-bond donors (Lipinski definition) is 2. The smallest absolute Gasteiger partial charge is 0.321 e. The van der Waals surface area contributed by atoms with Crippen LogP contribution < -0.4 is 15.5 Å². The molecule has 1 unspecified atom stereocenters. The first-order valence-electron chi connectivity index (χ1n) is 10.1. The molecule has 1 aromatic rings. The minimum atomic E-state index is -0.429. The Hall–Kier alpha value is -2.22. The van der Waals surface area contributed by atoms with E-state index >= 15 is 0 Å². The van der Waals surface area contributed by atoms with Gasteiger partial charge in [0, 0.05) is 50.4 Å². The number of rotatable bonds is 6. The van der Waals surface area contributed by atoms with Crippen LogP contribution >= 0.6 is 0 Å². The van der Waals surface area contributed by atoms with E-state index in [4.69, 9.17) is 4.98 Å². The third-order valence-corrected chi connectivity index (χ3v) is 4.85. The summed E-state index contributed by atoms with van der Waals surface area (Å²) < 4.78 is 0. The van der Waals surface area contributed by atoms with Crippen molar-refractivity contribution in [2.45, 2.75) is 53.5 Å². The lowest BCUT2D eigenvalue weighted by atomic mass is 10.2. The molecule has 1 saturated heterocycles. The highest BCUT2D eigenvalue weighted by Gasteiger charge is 2.27. The zero-order valence-electron chi connectivity index (χ0n) is 18.0. The van der Waals surface area contributed by atoms with Gasteiger partial charge < -0.3 is 10.2 Å². The lowest BCUT2D eigenvalue weighted by Crippen LogP contribution is -2.55. The quantitative estimate of drug-likeness (QED) is 0.771. The molecule has 28 heavy (non-hydrogen) atoms. The first-order chi connectivity index (χ1) is 13.2. The second-order valence-corrected chi connectivity index (χ2v) is 8.17. The van der Waals surface area contributed by atoms with Gasteiger partial charge in [0.15, 0.2) is 0 Å². The van der Waals surface area contributed by atoms with E-state index < -0.39 is 6.03 Å². The van der Waals surface area contributed by atoms with E-state index in [1.54, 1.807) is 0 Å². The number of anilines is 1. The van der Waals surface area contributed by atoms with Crippen LogP contribution in [0.15, 0.2) is 6.07 Å². The summed E-state index contributed by atoms with van der Waals surface area (Å²) in [4.78, 5) is 37.7. The number of aryl methyl sites for hydroxylation is 1. The molecule has 0 bridgehead atoms. The van der Waals surface area contributed by atoms with Crippen LogP contribution in [-0.4, -0.2) is 65.6 Å². The SMILES string of the molecule is Cc1cc(N2CCN(C(C)C(=O)NC(=O)NCC(C)C)CC2)nc(C(C)C)n1. The van der Waals surface area contributed by atoms with Crippen LogP contribution in [0.25, 0.3) is 0 Å². The Labute approximate surface area is 168 Å². The first-order valence-corrected chi connectivity index (χ1v) is 10.1. The van der Waals surface area contributed by atoms with Crippen LogP contribution in [-0.2, 0) is 4.79 Å². The highest BCUT2D eigenvalue weighted by atomic mass is 16.2. The van der Waals surface area contributed by atoms with Crippen molar-refractivity contribution in [2.75, 3.05) is 37.6 Å². The molecule has 1 atom stereocenters. The third-order valence-electron chi connectivity index (χ3n) is 4.85. The van der Waals surface area contributed by atoms with Gasteiger partial charge in [-0.1, -0.05) is 27.7 Å². The largest absolute Gasteiger partial charge is 0.354 e. The molecule has 1 aliphatic heterocycles. The number of nitrogens with one attached hydrogen (secondary N) is 2. The van der Waals surface area contributed by atoms with Crippen molar-refractivity contribution in [3.63, 3.8) is 0 Å². The predicted molar refractivity (Wildman–Crippen MR) is 110 cm³/mol. The van der Waals surface area contributed by atoms with Crippen LogP contribution in [0.5, 0.6) is 0 Å². The van der Waals surface area contributed by atoms with Gasteiger partial charge in [-0.15, -0.1) is 0 Å². The number of hydrogen-bond acceptors (Lipinski definition) is 6. The summed E-state index contributed by atoms with van der Waals surface area (Å²) in [6, 6.07) is 1.23. The lowest BCUT2D eigenvalue weighted by molar-refractivity contribution is -0.124. The van der Waals surface area contributed by atoms with Crippen LogP contribution in [0, 0.1) is 12.8 Å². The van der Waals surface area contributed by atoms with Crippen molar-refractivity contribution in [2.24, 2.45) is 5.92 Å². The van der Waals surface area contributed by atoms with Gasteiger partial charge in [0.1, 0.15) is 11.6 Å². The number of carbonyl (C=O) groups is 2. The Morgan fingerprint density at radius 2 is 1.71 bits per heavy atom. The van der Waals surface area contributed by atoms with Crippen molar-refractivity contribution >= 4 is 17.8 Å². The maximum absolute atomic E-state index is 12.4. The maximum atomic E-state index is 12.4. The predicted octanol–water partition coefficient (Wildman–Crippen LogP) is 1.90. The van der Waals surface area contributed by atoms with E-state index in [0.29, 0.717) is 12.5 Å². The molecule has 0 spiro atoms. The molecular weight excluding hydrogens is 356 g/mol. The Morgan fingerprint density at radius 3 is 2.29 bits per heavy atom. The monoisotopic (exact) mass is 390 g/mol. The average molecular weight is 391 g/mol. The van der Waals surface area contributed by atoms with E-state index in [1.807, 2.05) is 33.8 Å². The molecule has 0 aliphatic carbocycles. The first kappa shape index (κ1) is 22.1. The van der Waals surface area contributed by atoms with Gasteiger partial charge in [0.25, 0.3) is 0 Å². The fraction of sp³-hybridized carbons (Fsp3) is 0.700. The molecule has 2 N–H and O–H groups in total. The minimum absolute atomic E-state index is 0.269. The summed E-state index contributed by atoms with van der Waals surface area (Å²) in [6.07, 6.45) is 0. The summed E-state index contributed by atoms with van der Waals surface area (Å²) in [5.74, 6) is 2.16. The number of carbonyl (C=O) groups excluding carboxylic acids is 2. The number of amides is 3. The van der Waals surface area contributed by atoms with Crippen LogP contribution in [0.4, 0.5) is 10.6 Å². The Kier molecular flexibility index (Phi) is 7.74. The van der Waals surface area contributed by atoms with Crippen molar-refractivity contribution in [3.05, 3.63) is 17.6 Å². The molecule has 1 aliphatic rings. The fourth-order valence-electron chi connectivity index (χ4n) is 3.06. The molecule has 1 fully saturated rings. The maximum Gasteiger partial charge on any atom is 0.321 e. The summed E-state index contributed by atoms with van der Waals surface area (Å²) in [5.41, 5.74) is 0.969. The third kappa shape index (κ3) is 6.15. The number of nitrogens with zero attached hydrogens (tertiary/aromatic N) is 4. The molecule has 3 amide bonds. The Morgan fingerprint density at radius 1 is 1.07 bits per heavy atom. The number of urea groups is 1. The summed E-state index contributed by atoms with van der Waals surface area (Å²) in [5, 5.41) is 5.14. The highest BCUT2D eigenvalue weighted by molar-refractivity contribution is 5.96. The molecular formula is C20H34N6O2. The van der Waals surface area contributed by atoms with E-state index in [1.165, 1.54) is 0 Å². The lowest BCUT2D eigenvalue weighted by Gasteiger charge is -2.38. The molecule has 0 aromatic carbocycles. The molecule has 0 saturated carbocycles. The molecule has 8 nitrogen and oxygen atoms in total. The highest BCUT2D eigenvalue weighted by Crippen LogP contribution is 2.19. The van der Waals surface area contributed by atoms with Gasteiger partial charge in [-0.25, -0.2) is 14.8 Å². The second kappa shape index (κ2) is 9.82. The second-order valence-electron chi connectivity index (χ2n) is 8.17. The van der Waals surface area contributed by atoms with Crippen LogP contribution in [0.3, 0.4) is 0 Å². The summed E-state index contributed by atoms with van der Waals surface area (Å²) in [6.45, 7) is 15.6. The van der Waals surface area contributed by atoms with Crippen molar-refractivity contribution in [1.29, 1.82) is 0 Å². The van der Waals surface area contributed by atoms with Gasteiger partial charge in [0.2, 0.25) is 5.91 Å². The van der Waals surface area contributed by atoms with Crippen molar-refractivity contribution in [3.8, 4) is 0 Å². The van der Waals surface area contributed by atoms with E-state index in [2.05, 4.69) is 39.3 Å². The number of imide groups is 1. The minimum Gasteiger partial charge on any atom is -0.354 e. The van der Waals surface area contributed by atoms with E-state index in [-0.39, 0.29) is 17.9 Å². The van der Waals surface area contributed by atoms with Gasteiger partial charge in [-0.3, -0.25) is 15.0 Å². The van der Waals surface area contributed by atoms with Gasteiger partial charge in [-0.05, 0) is 19.8 Å². The van der Waals surface area contributed by atoms with Crippen LogP contribution in [0.1, 0.15) is 52.1 Å². The zero-order valence-corrected chi connectivity index (χ0v) is 18.0. The van der Waals surface area contributed by atoms with E-state index in [0.717, 1.165) is 43.5 Å². The number of aromatic nitrogens is 2. The van der Waals surface area contributed by atoms with Crippen molar-refractivity contribution < 1.29 is 9.59 Å². The van der Waals surface area contributed by atoms with Crippen molar-refractivity contribution in [1.82, 2.24) is 25.5 Å².